The molecule has 1 aromatic carbocycles. The van der Waals surface area contributed by atoms with Crippen LogP contribution in [-0.2, 0) is 6.54 Å². The second-order valence-electron chi connectivity index (χ2n) is 3.78. The highest BCUT2D eigenvalue weighted by molar-refractivity contribution is 5.38. The Kier molecular flexibility index (Phi) is 4.39. The van der Waals surface area contributed by atoms with Crippen molar-refractivity contribution in [3.8, 4) is 0 Å². The Morgan fingerprint density at radius 3 is 2.89 bits per heavy atom. The van der Waals surface area contributed by atoms with Gasteiger partial charge >= 0.3 is 0 Å². The van der Waals surface area contributed by atoms with Crippen LogP contribution in [0.3, 0.4) is 0 Å². The van der Waals surface area contributed by atoms with E-state index in [2.05, 4.69) is 32.4 Å². The van der Waals surface area contributed by atoms with E-state index in [1.807, 2.05) is 0 Å². The molecule has 2 aromatic rings. The van der Waals surface area contributed by atoms with Crippen molar-refractivity contribution >= 4 is 11.8 Å². The van der Waals surface area contributed by atoms with Gasteiger partial charge in [-0.25, -0.2) is 4.39 Å². The highest BCUT2D eigenvalue weighted by atomic mass is 19.1. The molecule has 0 aliphatic carbocycles. The molecule has 0 fully saturated rings. The van der Waals surface area contributed by atoms with Crippen LogP contribution in [0.5, 0.6) is 0 Å². The molecule has 0 spiro atoms. The maximum absolute atomic E-state index is 13.4. The summed E-state index contributed by atoms with van der Waals surface area (Å²) in [5, 5.41) is 13.5. The molecule has 2 rings (SSSR count). The number of hydrogen-bond donors (Lipinski definition) is 2. The van der Waals surface area contributed by atoms with Crippen LogP contribution >= 0.6 is 0 Å². The molecule has 5 nitrogen and oxygen atoms in total. The number of aromatic nitrogens is 3. The van der Waals surface area contributed by atoms with Crippen molar-refractivity contribution in [2.24, 2.45) is 0 Å². The average Bonchev–Trinajstić information content (AvgIpc) is 2.45. The van der Waals surface area contributed by atoms with Crippen LogP contribution in [0.1, 0.15) is 5.56 Å². The Morgan fingerprint density at radius 1 is 1.26 bits per heavy atom. The van der Waals surface area contributed by atoms with Gasteiger partial charge in [0.05, 0.1) is 6.20 Å². The van der Waals surface area contributed by atoms with Crippen LogP contribution in [0.4, 0.5) is 16.2 Å². The van der Waals surface area contributed by atoms with Gasteiger partial charge in [-0.1, -0.05) is 24.3 Å². The summed E-state index contributed by atoms with van der Waals surface area (Å²) in [4.78, 5) is 4.19. The van der Waals surface area contributed by atoms with Crippen LogP contribution in [-0.4, -0.2) is 21.7 Å². The number of anilines is 2. The van der Waals surface area contributed by atoms with Crippen LogP contribution in [0.15, 0.2) is 43.1 Å². The first kappa shape index (κ1) is 12.9. The Hall–Kier alpha value is -2.50. The molecule has 19 heavy (non-hydrogen) atoms. The predicted molar refractivity (Wildman–Crippen MR) is 72.2 cm³/mol. The Morgan fingerprint density at radius 2 is 2.11 bits per heavy atom. The molecule has 2 N–H and O–H groups in total. The van der Waals surface area contributed by atoms with E-state index in [1.54, 1.807) is 24.3 Å². The van der Waals surface area contributed by atoms with Gasteiger partial charge in [-0.3, -0.25) is 0 Å². The Balaban J connectivity index is 1.99. The summed E-state index contributed by atoms with van der Waals surface area (Å²) in [7, 11) is 0. The Bertz CT molecular complexity index is 558. The van der Waals surface area contributed by atoms with Gasteiger partial charge < -0.3 is 10.6 Å². The zero-order valence-electron chi connectivity index (χ0n) is 10.3. The number of benzene rings is 1. The normalized spacial score (nSPS) is 9.95. The first-order valence-corrected chi connectivity index (χ1v) is 5.81. The number of rotatable bonds is 6. The van der Waals surface area contributed by atoms with Gasteiger partial charge in [-0.15, -0.1) is 11.7 Å². The minimum absolute atomic E-state index is 0.248. The summed E-state index contributed by atoms with van der Waals surface area (Å²) < 4.78 is 13.4. The average molecular weight is 259 g/mol. The summed E-state index contributed by atoms with van der Waals surface area (Å²) in [5.41, 5.74) is 0.571. The number of halogens is 1. The van der Waals surface area contributed by atoms with Gasteiger partial charge in [0.15, 0.2) is 5.82 Å². The lowest BCUT2D eigenvalue weighted by atomic mass is 10.2. The highest BCUT2D eigenvalue weighted by Gasteiger charge is 2.02. The monoisotopic (exact) mass is 259 g/mol. The fourth-order valence-corrected chi connectivity index (χ4v) is 1.45. The number of hydrogen-bond acceptors (Lipinski definition) is 5. The van der Waals surface area contributed by atoms with E-state index in [0.717, 1.165) is 0 Å². The number of nitrogens with zero attached hydrogens (tertiary/aromatic N) is 3. The molecule has 0 aliphatic heterocycles. The van der Waals surface area contributed by atoms with Crippen LogP contribution < -0.4 is 10.6 Å². The first-order chi connectivity index (χ1) is 9.29. The molecular weight excluding hydrogens is 245 g/mol. The lowest BCUT2D eigenvalue weighted by Crippen LogP contribution is -2.08. The molecule has 1 heterocycles. The molecule has 0 radical (unpaired) electrons. The number of nitrogens with one attached hydrogen (secondary N) is 2. The minimum atomic E-state index is -0.248. The smallest absolute Gasteiger partial charge is 0.244 e. The summed E-state index contributed by atoms with van der Waals surface area (Å²) in [5.74, 6) is 0.685. The van der Waals surface area contributed by atoms with Gasteiger partial charge in [0.25, 0.3) is 0 Å². The lowest BCUT2D eigenvalue weighted by molar-refractivity contribution is 0.613. The summed E-state index contributed by atoms with van der Waals surface area (Å²) in [6.07, 6.45) is 3.18. The molecule has 1 aromatic heterocycles. The van der Waals surface area contributed by atoms with Crippen LogP contribution in [0.2, 0.25) is 0 Å². The van der Waals surface area contributed by atoms with Gasteiger partial charge in [-0.2, -0.15) is 10.1 Å². The molecule has 0 aliphatic rings. The molecular formula is C13H14FN5. The fourth-order valence-electron chi connectivity index (χ4n) is 1.45. The van der Waals surface area contributed by atoms with E-state index in [0.29, 0.717) is 30.4 Å². The van der Waals surface area contributed by atoms with Crippen LogP contribution in [0, 0.1) is 5.82 Å². The van der Waals surface area contributed by atoms with Crippen molar-refractivity contribution in [3.05, 3.63) is 54.5 Å². The molecule has 0 amide bonds. The lowest BCUT2D eigenvalue weighted by Gasteiger charge is -2.07. The van der Waals surface area contributed by atoms with E-state index < -0.39 is 0 Å². The van der Waals surface area contributed by atoms with E-state index in [-0.39, 0.29) is 5.82 Å². The van der Waals surface area contributed by atoms with E-state index in [1.165, 1.54) is 12.3 Å². The first-order valence-electron chi connectivity index (χ1n) is 5.81. The second-order valence-corrected chi connectivity index (χ2v) is 3.78. The fraction of sp³-hybridized carbons (Fsp3) is 0.154. The largest absolute Gasteiger partial charge is 0.364 e. The van der Waals surface area contributed by atoms with Gasteiger partial charge in [0.1, 0.15) is 5.82 Å². The van der Waals surface area contributed by atoms with Crippen molar-refractivity contribution in [1.82, 2.24) is 15.2 Å². The summed E-state index contributed by atoms with van der Waals surface area (Å²) in [6, 6.07) is 6.58. The zero-order chi connectivity index (χ0) is 13.5. The second kappa shape index (κ2) is 6.44. The topological polar surface area (TPSA) is 62.7 Å². The quantitative estimate of drug-likeness (QED) is 0.779. The van der Waals surface area contributed by atoms with E-state index >= 15 is 0 Å². The third kappa shape index (κ3) is 3.74. The standard InChI is InChI=1S/C13H14FN5/c1-2-7-15-13-18-12(9-17-19-13)16-8-10-5-3-4-6-11(10)14/h2-6,9H,1,7-8H2,(H2,15,16,18,19). The van der Waals surface area contributed by atoms with E-state index in [9.17, 15) is 4.39 Å². The maximum atomic E-state index is 13.4. The minimum Gasteiger partial charge on any atom is -0.364 e. The SMILES string of the molecule is C=CCNc1nncc(NCc2ccccc2F)n1. The molecule has 0 saturated carbocycles. The van der Waals surface area contributed by atoms with E-state index in [4.69, 9.17) is 0 Å². The summed E-state index contributed by atoms with van der Waals surface area (Å²) >= 11 is 0. The maximum Gasteiger partial charge on any atom is 0.244 e. The van der Waals surface area contributed by atoms with Crippen molar-refractivity contribution < 1.29 is 4.39 Å². The van der Waals surface area contributed by atoms with Gasteiger partial charge in [0.2, 0.25) is 5.95 Å². The van der Waals surface area contributed by atoms with Gasteiger partial charge in [0, 0.05) is 18.7 Å². The Labute approximate surface area is 110 Å². The van der Waals surface area contributed by atoms with Crippen molar-refractivity contribution in [2.45, 2.75) is 6.54 Å². The highest BCUT2D eigenvalue weighted by Crippen LogP contribution is 2.09. The van der Waals surface area contributed by atoms with Crippen LogP contribution in [0.25, 0.3) is 0 Å². The predicted octanol–water partition coefficient (Wildman–Crippen LogP) is 2.22. The van der Waals surface area contributed by atoms with Crippen molar-refractivity contribution in [3.63, 3.8) is 0 Å². The third-order valence-corrected chi connectivity index (χ3v) is 2.38. The zero-order valence-corrected chi connectivity index (χ0v) is 10.3. The molecule has 98 valence electrons. The van der Waals surface area contributed by atoms with Crippen molar-refractivity contribution in [1.29, 1.82) is 0 Å². The van der Waals surface area contributed by atoms with Crippen molar-refractivity contribution in [2.75, 3.05) is 17.2 Å². The summed E-state index contributed by atoms with van der Waals surface area (Å²) in [6.45, 7) is 4.48. The molecule has 0 unspecified atom stereocenters. The third-order valence-electron chi connectivity index (χ3n) is 2.38. The molecule has 0 atom stereocenters. The molecule has 0 saturated heterocycles. The molecule has 6 heteroatoms. The molecule has 0 bridgehead atoms. The van der Waals surface area contributed by atoms with Gasteiger partial charge in [-0.05, 0) is 6.07 Å².